The highest BCUT2D eigenvalue weighted by Crippen LogP contribution is 2.54. The number of nitrogens with zero attached hydrogens (tertiary/aromatic N) is 3. The fraction of sp³-hybridized carbons (Fsp3) is 0.455. The number of ether oxygens (including phenoxy) is 1. The van der Waals surface area contributed by atoms with Gasteiger partial charge in [0.1, 0.15) is 0 Å². The van der Waals surface area contributed by atoms with Crippen molar-refractivity contribution in [1.29, 1.82) is 0 Å². The molecule has 0 saturated carbocycles. The summed E-state index contributed by atoms with van der Waals surface area (Å²) in [5, 5.41) is 12.6. The Balaban J connectivity index is 2.33. The number of likely N-dealkylation sites (tertiary alicyclic amines) is 2. The van der Waals surface area contributed by atoms with Crippen molar-refractivity contribution in [3.05, 3.63) is 70.8 Å². The van der Waals surface area contributed by atoms with Gasteiger partial charge in [-0.2, -0.15) is 0 Å². The number of esters is 1. The molecule has 0 radical (unpaired) electrons. The summed E-state index contributed by atoms with van der Waals surface area (Å²) in [7, 11) is 1.21. The first kappa shape index (κ1) is 21.7. The molecule has 0 spiro atoms. The molecule has 3 atom stereocenters. The van der Waals surface area contributed by atoms with E-state index in [0.29, 0.717) is 12.1 Å². The van der Waals surface area contributed by atoms with Crippen LogP contribution in [0.3, 0.4) is 0 Å². The van der Waals surface area contributed by atoms with E-state index in [2.05, 4.69) is 13.2 Å². The summed E-state index contributed by atoms with van der Waals surface area (Å²) in [6.07, 6.45) is 3.13. The van der Waals surface area contributed by atoms with E-state index in [-0.39, 0.29) is 31.1 Å². The molecule has 8 nitrogen and oxygen atoms in total. The molecule has 0 unspecified atom stereocenters. The van der Waals surface area contributed by atoms with Crippen LogP contribution in [0.15, 0.2) is 49.6 Å². The van der Waals surface area contributed by atoms with Crippen LogP contribution in [0.5, 0.6) is 0 Å². The van der Waals surface area contributed by atoms with Crippen LogP contribution in [0, 0.1) is 22.5 Å². The molecule has 1 aromatic rings. The molecule has 2 aliphatic rings. The Hall–Kier alpha value is -3.00. The van der Waals surface area contributed by atoms with Crippen molar-refractivity contribution in [2.45, 2.75) is 18.4 Å². The Kier molecular flexibility index (Phi) is 5.81. The number of methoxy groups -OCH3 is 1. The van der Waals surface area contributed by atoms with E-state index >= 15 is 0 Å². The molecule has 2 fully saturated rings. The lowest BCUT2D eigenvalue weighted by atomic mass is 9.56. The molecule has 160 valence electrons. The summed E-state index contributed by atoms with van der Waals surface area (Å²) >= 11 is 0. The van der Waals surface area contributed by atoms with Crippen LogP contribution in [0.4, 0.5) is 0 Å². The molecule has 8 heteroatoms. The highest BCUT2D eigenvalue weighted by Gasteiger charge is 2.74. The molecule has 1 aromatic carbocycles. The first-order chi connectivity index (χ1) is 14.3. The largest absolute Gasteiger partial charge is 0.468 e. The second-order valence-corrected chi connectivity index (χ2v) is 8.10. The van der Waals surface area contributed by atoms with Crippen molar-refractivity contribution in [3.63, 3.8) is 0 Å². The number of benzene rings is 1. The molecule has 2 bridgehead atoms. The van der Waals surface area contributed by atoms with Gasteiger partial charge in [-0.3, -0.25) is 24.6 Å². The van der Waals surface area contributed by atoms with E-state index < -0.39 is 28.7 Å². The van der Waals surface area contributed by atoms with Gasteiger partial charge in [-0.15, -0.1) is 13.2 Å². The van der Waals surface area contributed by atoms with E-state index in [1.54, 1.807) is 23.1 Å². The average molecular weight is 413 g/mol. The van der Waals surface area contributed by atoms with Crippen LogP contribution in [0.1, 0.15) is 17.0 Å². The predicted molar refractivity (Wildman–Crippen MR) is 112 cm³/mol. The van der Waals surface area contributed by atoms with Crippen molar-refractivity contribution < 1.29 is 19.2 Å². The quantitative estimate of drug-likeness (QED) is 0.222. The number of amides is 1. The average Bonchev–Trinajstić information content (AvgIpc) is 2.72. The number of piperidine rings is 2. The maximum absolute atomic E-state index is 13.7. The summed E-state index contributed by atoms with van der Waals surface area (Å²) in [5.74, 6) is -2.18. The standard InChI is InChI=1S/C22H27N3O5/c1-5-11-23-13-21(25(28)29)14-24(12-6-2)19(26)22(15-23,20(27)30-4)18(21)17-9-7-16(3)8-10-17/h5-10,18H,1-2,11-15H2,3-4H3/t18-,21-,22-/m1/s1. The lowest BCUT2D eigenvalue weighted by Gasteiger charge is -2.56. The molecule has 2 heterocycles. The molecule has 0 N–H and O–H groups in total. The number of fused-ring (bicyclic) bond motifs is 2. The third-order valence-electron chi connectivity index (χ3n) is 6.19. The van der Waals surface area contributed by atoms with Crippen LogP contribution >= 0.6 is 0 Å². The van der Waals surface area contributed by atoms with Gasteiger partial charge in [0.2, 0.25) is 5.91 Å². The zero-order valence-electron chi connectivity index (χ0n) is 17.4. The first-order valence-corrected chi connectivity index (χ1v) is 9.80. The van der Waals surface area contributed by atoms with E-state index in [9.17, 15) is 19.7 Å². The first-order valence-electron chi connectivity index (χ1n) is 9.80. The maximum atomic E-state index is 13.7. The fourth-order valence-corrected chi connectivity index (χ4v) is 5.10. The lowest BCUT2D eigenvalue weighted by Crippen LogP contribution is -2.77. The molecule has 2 saturated heterocycles. The number of aryl methyl sites for hydroxylation is 1. The lowest BCUT2D eigenvalue weighted by molar-refractivity contribution is -0.584. The van der Waals surface area contributed by atoms with Gasteiger partial charge in [0.15, 0.2) is 5.41 Å². The summed E-state index contributed by atoms with van der Waals surface area (Å²) in [6.45, 7) is 9.73. The highest BCUT2D eigenvalue weighted by molar-refractivity contribution is 6.05. The normalized spacial score (nSPS) is 28.7. The van der Waals surface area contributed by atoms with Gasteiger partial charge in [-0.1, -0.05) is 42.0 Å². The molecule has 0 aliphatic carbocycles. The van der Waals surface area contributed by atoms with Crippen LogP contribution < -0.4 is 0 Å². The topological polar surface area (TPSA) is 93.0 Å². The fourth-order valence-electron chi connectivity index (χ4n) is 5.10. The monoisotopic (exact) mass is 413 g/mol. The second-order valence-electron chi connectivity index (χ2n) is 8.10. The number of carbonyl (C=O) groups excluding carboxylic acids is 2. The molecule has 2 aliphatic heterocycles. The summed E-state index contributed by atoms with van der Waals surface area (Å²) in [5.41, 5.74) is -1.75. The number of hydrogen-bond acceptors (Lipinski definition) is 6. The van der Waals surface area contributed by atoms with Gasteiger partial charge < -0.3 is 9.64 Å². The SMILES string of the molecule is C=CCN1C[C@]2(C(=O)OC)C(=O)N(CC=C)C[C@]([N+](=O)[O-])(C1)[C@H]2c1ccc(C)cc1. The molecule has 0 aromatic heterocycles. The van der Waals surface area contributed by atoms with Crippen molar-refractivity contribution >= 4 is 11.9 Å². The minimum atomic E-state index is -1.74. The van der Waals surface area contributed by atoms with Crippen molar-refractivity contribution in [3.8, 4) is 0 Å². The van der Waals surface area contributed by atoms with Crippen LogP contribution in [-0.2, 0) is 14.3 Å². The highest BCUT2D eigenvalue weighted by atomic mass is 16.6. The Bertz CT molecular complexity index is 883. The molecular formula is C22H27N3O5. The third kappa shape index (κ3) is 3.11. The van der Waals surface area contributed by atoms with Gasteiger partial charge in [-0.25, -0.2) is 0 Å². The zero-order valence-corrected chi connectivity index (χ0v) is 17.4. The van der Waals surface area contributed by atoms with E-state index in [1.807, 2.05) is 19.1 Å². The van der Waals surface area contributed by atoms with Crippen LogP contribution in [0.2, 0.25) is 0 Å². The minimum absolute atomic E-state index is 0.0201. The van der Waals surface area contributed by atoms with Gasteiger partial charge in [-0.05, 0) is 12.5 Å². The molecule has 1 amide bonds. The van der Waals surface area contributed by atoms with E-state index in [0.717, 1.165) is 5.56 Å². The number of nitro groups is 1. The Labute approximate surface area is 175 Å². The zero-order chi connectivity index (χ0) is 22.1. The molecular weight excluding hydrogens is 386 g/mol. The van der Waals surface area contributed by atoms with E-state index in [4.69, 9.17) is 4.74 Å². The smallest absolute Gasteiger partial charge is 0.323 e. The number of hydrogen-bond donors (Lipinski definition) is 0. The molecule has 3 rings (SSSR count). The Morgan fingerprint density at radius 2 is 1.87 bits per heavy atom. The van der Waals surface area contributed by atoms with Crippen molar-refractivity contribution in [1.82, 2.24) is 9.80 Å². The summed E-state index contributed by atoms with van der Waals surface area (Å²) < 4.78 is 5.10. The second kappa shape index (κ2) is 8.02. The minimum Gasteiger partial charge on any atom is -0.468 e. The van der Waals surface area contributed by atoms with Gasteiger partial charge in [0.25, 0.3) is 5.54 Å². The number of carbonyl (C=O) groups is 2. The van der Waals surface area contributed by atoms with Gasteiger partial charge >= 0.3 is 5.97 Å². The van der Waals surface area contributed by atoms with E-state index in [1.165, 1.54) is 18.1 Å². The van der Waals surface area contributed by atoms with Crippen LogP contribution in [-0.4, -0.2) is 72.0 Å². The number of rotatable bonds is 7. The van der Waals surface area contributed by atoms with Gasteiger partial charge in [0, 0.05) is 24.6 Å². The van der Waals surface area contributed by atoms with Crippen LogP contribution in [0.25, 0.3) is 0 Å². The Morgan fingerprint density at radius 1 is 1.23 bits per heavy atom. The summed E-state index contributed by atoms with van der Waals surface area (Å²) in [6, 6.07) is 7.22. The molecule has 30 heavy (non-hydrogen) atoms. The van der Waals surface area contributed by atoms with Crippen molar-refractivity contribution in [2.24, 2.45) is 5.41 Å². The van der Waals surface area contributed by atoms with Gasteiger partial charge in [0.05, 0.1) is 26.1 Å². The predicted octanol–water partition coefficient (Wildman–Crippen LogP) is 1.78. The maximum Gasteiger partial charge on any atom is 0.323 e. The Morgan fingerprint density at radius 3 is 2.40 bits per heavy atom. The third-order valence-corrected chi connectivity index (χ3v) is 6.19. The van der Waals surface area contributed by atoms with Crippen molar-refractivity contribution in [2.75, 3.05) is 39.8 Å². The summed E-state index contributed by atoms with van der Waals surface area (Å²) in [4.78, 5) is 42.4.